The van der Waals surface area contributed by atoms with Gasteiger partial charge in [0.25, 0.3) is 5.91 Å². The zero-order chi connectivity index (χ0) is 14.3. The third-order valence-electron chi connectivity index (χ3n) is 2.44. The lowest BCUT2D eigenvalue weighted by Crippen LogP contribution is -2.10. The van der Waals surface area contributed by atoms with Crippen LogP contribution in [0.3, 0.4) is 0 Å². The van der Waals surface area contributed by atoms with Gasteiger partial charge in [-0.1, -0.05) is 46.1 Å². The van der Waals surface area contributed by atoms with Gasteiger partial charge in [-0.15, -0.1) is 21.5 Å². The molecule has 0 aliphatic carbocycles. The largest absolute Gasteiger partial charge is 0.296 e. The fourth-order valence-corrected chi connectivity index (χ4v) is 4.35. The molecule has 102 valence electrons. The second-order valence-corrected chi connectivity index (χ2v) is 6.81. The molecular weight excluding hydrogens is 361 g/mol. The average Bonchev–Trinajstić information content (AvgIpc) is 2.97. The molecule has 3 rings (SSSR count). The summed E-state index contributed by atoms with van der Waals surface area (Å²) in [5.41, 5.74) is 1.53. The number of thiophene rings is 1. The third-order valence-corrected chi connectivity index (χ3v) is 5.18. The molecule has 0 saturated carbocycles. The Morgan fingerprint density at radius 1 is 1.25 bits per heavy atom. The number of halogens is 3. The Bertz CT molecular complexity index is 801. The molecule has 4 nitrogen and oxygen atoms in total. The molecule has 0 spiro atoms. The Hall–Kier alpha value is -0.920. The van der Waals surface area contributed by atoms with Crippen LogP contribution in [0.5, 0.6) is 0 Å². The van der Waals surface area contributed by atoms with Crippen LogP contribution >= 0.6 is 57.5 Å². The fraction of sp³-hybridized carbons (Fsp3) is 0. The van der Waals surface area contributed by atoms with Crippen LogP contribution in [0.2, 0.25) is 15.1 Å². The summed E-state index contributed by atoms with van der Waals surface area (Å²) in [5.74, 6) is -0.347. The summed E-state index contributed by atoms with van der Waals surface area (Å²) in [6.07, 6.45) is 0. The molecule has 0 aliphatic rings. The molecule has 0 unspecified atom stereocenters. The number of hydrogen-bond donors (Lipinski definition) is 1. The molecule has 9 heteroatoms. The maximum atomic E-state index is 12.2. The van der Waals surface area contributed by atoms with E-state index in [2.05, 4.69) is 15.5 Å². The highest BCUT2D eigenvalue weighted by molar-refractivity contribution is 7.22. The Labute approximate surface area is 136 Å². The van der Waals surface area contributed by atoms with Gasteiger partial charge in [0.05, 0.1) is 10.0 Å². The van der Waals surface area contributed by atoms with Gasteiger partial charge in [0, 0.05) is 15.1 Å². The Balaban J connectivity index is 2.06. The summed E-state index contributed by atoms with van der Waals surface area (Å²) in [6, 6.07) is 3.32. The van der Waals surface area contributed by atoms with Crippen LogP contribution in [0.15, 0.2) is 17.6 Å². The van der Waals surface area contributed by atoms with Crippen LogP contribution in [0.4, 0.5) is 5.13 Å². The van der Waals surface area contributed by atoms with Gasteiger partial charge in [0.15, 0.2) is 0 Å². The number of anilines is 1. The first-order chi connectivity index (χ1) is 9.56. The van der Waals surface area contributed by atoms with Crippen LogP contribution in [-0.2, 0) is 0 Å². The van der Waals surface area contributed by atoms with Crippen molar-refractivity contribution in [1.82, 2.24) is 10.2 Å². The van der Waals surface area contributed by atoms with Crippen molar-refractivity contribution in [2.75, 3.05) is 5.32 Å². The first-order valence-electron chi connectivity index (χ1n) is 5.21. The number of aromatic nitrogens is 2. The molecule has 20 heavy (non-hydrogen) atoms. The van der Waals surface area contributed by atoms with E-state index in [1.165, 1.54) is 28.2 Å². The van der Waals surface area contributed by atoms with Crippen molar-refractivity contribution < 1.29 is 4.79 Å². The van der Waals surface area contributed by atoms with Crippen molar-refractivity contribution in [2.24, 2.45) is 0 Å². The van der Waals surface area contributed by atoms with E-state index in [0.717, 1.165) is 4.70 Å². The van der Waals surface area contributed by atoms with Crippen molar-refractivity contribution in [1.29, 1.82) is 0 Å². The SMILES string of the molecule is O=C(Nc1nncs1)c1sc2cc(Cl)cc(Cl)c2c1Cl. The van der Waals surface area contributed by atoms with Gasteiger partial charge >= 0.3 is 0 Å². The van der Waals surface area contributed by atoms with E-state index in [-0.39, 0.29) is 5.91 Å². The predicted octanol–water partition coefficient (Wildman–Crippen LogP) is 4.97. The third kappa shape index (κ3) is 2.49. The molecule has 0 fully saturated rings. The van der Waals surface area contributed by atoms with Crippen LogP contribution in [-0.4, -0.2) is 16.1 Å². The van der Waals surface area contributed by atoms with E-state index < -0.39 is 0 Å². The van der Waals surface area contributed by atoms with E-state index in [1.54, 1.807) is 12.1 Å². The Morgan fingerprint density at radius 2 is 2.05 bits per heavy atom. The number of carbonyl (C=O) groups excluding carboxylic acids is 1. The zero-order valence-corrected chi connectivity index (χ0v) is 13.4. The molecule has 0 bridgehead atoms. The minimum atomic E-state index is -0.347. The van der Waals surface area contributed by atoms with Gasteiger partial charge in [-0.25, -0.2) is 0 Å². The molecule has 0 atom stereocenters. The predicted molar refractivity (Wildman–Crippen MR) is 84.7 cm³/mol. The number of benzene rings is 1. The molecule has 1 N–H and O–H groups in total. The number of amides is 1. The zero-order valence-electron chi connectivity index (χ0n) is 9.49. The highest BCUT2D eigenvalue weighted by atomic mass is 35.5. The van der Waals surface area contributed by atoms with Crippen molar-refractivity contribution in [3.8, 4) is 0 Å². The van der Waals surface area contributed by atoms with Gasteiger partial charge in [0.1, 0.15) is 10.4 Å². The van der Waals surface area contributed by atoms with E-state index in [1.807, 2.05) is 0 Å². The molecule has 1 amide bonds. The summed E-state index contributed by atoms with van der Waals surface area (Å²) < 4.78 is 0.759. The molecule has 0 saturated heterocycles. The summed E-state index contributed by atoms with van der Waals surface area (Å²) >= 11 is 20.7. The van der Waals surface area contributed by atoms with E-state index in [9.17, 15) is 4.79 Å². The minimum absolute atomic E-state index is 0.314. The van der Waals surface area contributed by atoms with Gasteiger partial charge in [0.2, 0.25) is 5.13 Å². The Morgan fingerprint density at radius 3 is 2.75 bits per heavy atom. The number of rotatable bonds is 2. The van der Waals surface area contributed by atoms with Gasteiger partial charge in [-0.3, -0.25) is 10.1 Å². The number of nitrogens with one attached hydrogen (secondary N) is 1. The fourth-order valence-electron chi connectivity index (χ4n) is 1.64. The second-order valence-electron chi connectivity index (χ2n) is 3.70. The number of nitrogens with zero attached hydrogens (tertiary/aromatic N) is 2. The smallest absolute Gasteiger partial charge is 0.269 e. The molecule has 1 aromatic carbocycles. The molecule has 2 aromatic heterocycles. The Kier molecular flexibility index (Phi) is 3.83. The summed E-state index contributed by atoms with van der Waals surface area (Å²) in [4.78, 5) is 12.5. The molecular formula is C11H4Cl3N3OS2. The summed E-state index contributed by atoms with van der Waals surface area (Å²) in [5, 5.41) is 12.3. The quantitative estimate of drug-likeness (QED) is 0.699. The standard InChI is InChI=1S/C11H4Cl3N3OS2/c12-4-1-5(13)7-6(2-4)20-9(8(7)14)10(18)16-11-17-15-3-19-11/h1-3H,(H,16,17,18). The summed E-state index contributed by atoms with van der Waals surface area (Å²) in [6.45, 7) is 0. The van der Waals surface area contributed by atoms with E-state index in [0.29, 0.717) is 30.5 Å². The van der Waals surface area contributed by atoms with E-state index >= 15 is 0 Å². The normalized spacial score (nSPS) is 10.9. The van der Waals surface area contributed by atoms with E-state index in [4.69, 9.17) is 34.8 Å². The van der Waals surface area contributed by atoms with Crippen molar-refractivity contribution in [3.63, 3.8) is 0 Å². The first kappa shape index (κ1) is 14.0. The molecule has 2 heterocycles. The molecule has 3 aromatic rings. The van der Waals surface area contributed by atoms with Gasteiger partial charge in [-0.2, -0.15) is 0 Å². The van der Waals surface area contributed by atoms with Crippen LogP contribution < -0.4 is 5.32 Å². The average molecular weight is 365 g/mol. The number of hydrogen-bond acceptors (Lipinski definition) is 5. The minimum Gasteiger partial charge on any atom is -0.296 e. The first-order valence-corrected chi connectivity index (χ1v) is 8.04. The molecule has 0 aliphatic heterocycles. The van der Waals surface area contributed by atoms with Crippen LogP contribution in [0.1, 0.15) is 9.67 Å². The maximum Gasteiger partial charge on any atom is 0.269 e. The van der Waals surface area contributed by atoms with Gasteiger partial charge < -0.3 is 0 Å². The summed E-state index contributed by atoms with van der Waals surface area (Å²) in [7, 11) is 0. The lowest BCUT2D eigenvalue weighted by Gasteiger charge is -1.98. The lowest BCUT2D eigenvalue weighted by atomic mass is 10.2. The highest BCUT2D eigenvalue weighted by Crippen LogP contribution is 2.41. The second kappa shape index (κ2) is 5.46. The van der Waals surface area contributed by atoms with Gasteiger partial charge in [-0.05, 0) is 12.1 Å². The lowest BCUT2D eigenvalue weighted by molar-refractivity contribution is 0.103. The highest BCUT2D eigenvalue weighted by Gasteiger charge is 2.20. The van der Waals surface area contributed by atoms with Crippen molar-refractivity contribution in [3.05, 3.63) is 37.6 Å². The van der Waals surface area contributed by atoms with Crippen LogP contribution in [0, 0.1) is 0 Å². The number of fused-ring (bicyclic) bond motifs is 1. The maximum absolute atomic E-state index is 12.2. The number of carbonyl (C=O) groups is 1. The topological polar surface area (TPSA) is 54.9 Å². The van der Waals surface area contributed by atoms with Crippen LogP contribution in [0.25, 0.3) is 10.1 Å². The van der Waals surface area contributed by atoms with Crippen molar-refractivity contribution >= 4 is 78.6 Å². The molecule has 0 radical (unpaired) electrons. The monoisotopic (exact) mass is 363 g/mol. The van der Waals surface area contributed by atoms with Crippen molar-refractivity contribution in [2.45, 2.75) is 0 Å².